The van der Waals surface area contributed by atoms with Crippen molar-refractivity contribution in [2.24, 2.45) is 5.92 Å². The molecule has 9 heteroatoms. The summed E-state index contributed by atoms with van der Waals surface area (Å²) in [6, 6.07) is 7.69. The summed E-state index contributed by atoms with van der Waals surface area (Å²) in [6.45, 7) is 4.20. The summed E-state index contributed by atoms with van der Waals surface area (Å²) < 4.78 is 28.8. The van der Waals surface area contributed by atoms with Crippen LogP contribution in [0, 0.1) is 5.92 Å². The molecule has 2 heterocycles. The molecule has 2 atom stereocenters. The predicted octanol–water partition coefficient (Wildman–Crippen LogP) is 1.08. The molecule has 28 heavy (non-hydrogen) atoms. The lowest BCUT2D eigenvalue weighted by Crippen LogP contribution is -2.57. The summed E-state index contributed by atoms with van der Waals surface area (Å²) in [4.78, 5) is 16.8. The molecule has 1 aromatic rings. The molecule has 0 aromatic heterocycles. The van der Waals surface area contributed by atoms with Crippen molar-refractivity contribution in [3.05, 3.63) is 34.9 Å². The van der Waals surface area contributed by atoms with E-state index in [4.69, 9.17) is 11.6 Å². The Morgan fingerprint density at radius 3 is 2.14 bits per heavy atom. The minimum atomic E-state index is -3.44. The molecule has 3 fully saturated rings. The lowest BCUT2D eigenvalue weighted by Gasteiger charge is -2.39. The van der Waals surface area contributed by atoms with Crippen molar-refractivity contribution in [3.8, 4) is 0 Å². The van der Waals surface area contributed by atoms with Gasteiger partial charge >= 0.3 is 0 Å². The number of rotatable bonds is 4. The van der Waals surface area contributed by atoms with Crippen LogP contribution in [0.2, 0.25) is 5.02 Å². The fourth-order valence-corrected chi connectivity index (χ4v) is 6.00. The molecular formula is C19H27ClN4O3S. The number of piperazine rings is 2. The monoisotopic (exact) mass is 426 g/mol. The van der Waals surface area contributed by atoms with Crippen LogP contribution in [0.1, 0.15) is 17.9 Å². The standard InChI is InChI=1S/C19H27ClN4O3S/c1-21-6-10-23(11-7-21)28(26,27)24-12-8-22(9-13-24)19(25)17-14-16(17)15-4-2-3-5-18(15)20/h2-5,16-17H,6-14H2,1H3. The summed E-state index contributed by atoms with van der Waals surface area (Å²) in [5.74, 6) is 0.288. The Morgan fingerprint density at radius 1 is 0.964 bits per heavy atom. The lowest BCUT2D eigenvalue weighted by molar-refractivity contribution is -0.133. The van der Waals surface area contributed by atoms with Gasteiger partial charge in [0.25, 0.3) is 10.2 Å². The molecule has 0 N–H and O–H groups in total. The number of likely N-dealkylation sites (N-methyl/N-ethyl adjacent to an activating group) is 1. The van der Waals surface area contributed by atoms with E-state index in [9.17, 15) is 13.2 Å². The molecule has 1 aliphatic carbocycles. The van der Waals surface area contributed by atoms with Crippen molar-refractivity contribution in [2.45, 2.75) is 12.3 Å². The van der Waals surface area contributed by atoms with Crippen LogP contribution in [-0.2, 0) is 15.0 Å². The summed E-state index contributed by atoms with van der Waals surface area (Å²) in [5.41, 5.74) is 1.04. The molecule has 7 nitrogen and oxygen atoms in total. The van der Waals surface area contributed by atoms with Crippen molar-refractivity contribution in [3.63, 3.8) is 0 Å². The average molecular weight is 427 g/mol. The van der Waals surface area contributed by atoms with Gasteiger partial charge in [0.1, 0.15) is 0 Å². The zero-order chi connectivity index (χ0) is 19.9. The van der Waals surface area contributed by atoms with Crippen LogP contribution < -0.4 is 0 Å². The van der Waals surface area contributed by atoms with Crippen LogP contribution in [0.5, 0.6) is 0 Å². The molecule has 154 valence electrons. The number of hydrogen-bond donors (Lipinski definition) is 0. The lowest BCUT2D eigenvalue weighted by atomic mass is 10.1. The highest BCUT2D eigenvalue weighted by Gasteiger charge is 2.47. The Hall–Kier alpha value is -1.19. The third kappa shape index (κ3) is 3.93. The first kappa shape index (κ1) is 20.1. The van der Waals surface area contributed by atoms with E-state index in [1.54, 1.807) is 4.31 Å². The highest BCUT2D eigenvalue weighted by Crippen LogP contribution is 2.50. The van der Waals surface area contributed by atoms with E-state index >= 15 is 0 Å². The van der Waals surface area contributed by atoms with Crippen LogP contribution in [0.3, 0.4) is 0 Å². The largest absolute Gasteiger partial charge is 0.340 e. The molecule has 1 saturated carbocycles. The van der Waals surface area contributed by atoms with Crippen LogP contribution in [0.15, 0.2) is 24.3 Å². The van der Waals surface area contributed by atoms with Gasteiger partial charge in [-0.2, -0.15) is 17.0 Å². The fourth-order valence-electron chi connectivity index (χ4n) is 4.14. The SMILES string of the molecule is CN1CCN(S(=O)(=O)N2CCN(C(=O)C3CC3c3ccccc3Cl)CC2)CC1. The maximum Gasteiger partial charge on any atom is 0.282 e. The zero-order valence-corrected chi connectivity index (χ0v) is 17.7. The average Bonchev–Trinajstić information content (AvgIpc) is 3.49. The van der Waals surface area contributed by atoms with Gasteiger partial charge < -0.3 is 9.80 Å². The highest BCUT2D eigenvalue weighted by atomic mass is 35.5. The molecule has 0 spiro atoms. The molecule has 0 radical (unpaired) electrons. The Bertz CT molecular complexity index is 833. The van der Waals surface area contributed by atoms with Gasteiger partial charge in [-0.05, 0) is 31.0 Å². The van der Waals surface area contributed by atoms with E-state index in [1.165, 1.54) is 4.31 Å². The van der Waals surface area contributed by atoms with Crippen molar-refractivity contribution < 1.29 is 13.2 Å². The third-order valence-corrected chi connectivity index (χ3v) is 8.46. The first-order chi connectivity index (χ1) is 13.4. The maximum atomic E-state index is 12.9. The van der Waals surface area contributed by atoms with Crippen LogP contribution >= 0.6 is 11.6 Å². The minimum Gasteiger partial charge on any atom is -0.340 e. The number of carbonyl (C=O) groups is 1. The second kappa shape index (κ2) is 7.91. The molecule has 2 unspecified atom stereocenters. The van der Waals surface area contributed by atoms with Gasteiger partial charge in [0.05, 0.1) is 0 Å². The fraction of sp³-hybridized carbons (Fsp3) is 0.632. The minimum absolute atomic E-state index is 0.0271. The van der Waals surface area contributed by atoms with Crippen molar-refractivity contribution in [2.75, 3.05) is 59.4 Å². The van der Waals surface area contributed by atoms with E-state index in [1.807, 2.05) is 36.2 Å². The van der Waals surface area contributed by atoms with Crippen molar-refractivity contribution in [1.29, 1.82) is 0 Å². The molecule has 4 rings (SSSR count). The predicted molar refractivity (Wildman–Crippen MR) is 108 cm³/mol. The second-order valence-electron chi connectivity index (χ2n) is 7.90. The maximum absolute atomic E-state index is 12.9. The van der Waals surface area contributed by atoms with E-state index in [2.05, 4.69) is 4.90 Å². The van der Waals surface area contributed by atoms with Gasteiger partial charge in [-0.25, -0.2) is 0 Å². The van der Waals surface area contributed by atoms with Crippen molar-refractivity contribution >= 4 is 27.7 Å². The third-order valence-electron chi connectivity index (χ3n) is 6.08. The van der Waals surface area contributed by atoms with Crippen LogP contribution in [0.25, 0.3) is 0 Å². The number of benzene rings is 1. The summed E-state index contributed by atoms with van der Waals surface area (Å²) in [6.07, 6.45) is 0.822. The first-order valence-electron chi connectivity index (χ1n) is 9.85. The van der Waals surface area contributed by atoms with Gasteiger partial charge in [0.2, 0.25) is 5.91 Å². The second-order valence-corrected chi connectivity index (χ2v) is 10.2. The van der Waals surface area contributed by atoms with Gasteiger partial charge in [-0.3, -0.25) is 4.79 Å². The molecule has 3 aliphatic rings. The van der Waals surface area contributed by atoms with E-state index in [0.29, 0.717) is 44.3 Å². The molecule has 2 saturated heterocycles. The summed E-state index contributed by atoms with van der Waals surface area (Å²) in [5, 5.41) is 0.714. The normalized spacial score (nSPS) is 27.7. The Labute approximate surface area is 172 Å². The van der Waals surface area contributed by atoms with Crippen LogP contribution in [0.4, 0.5) is 0 Å². The van der Waals surface area contributed by atoms with Gasteiger partial charge in [-0.15, -0.1) is 0 Å². The molecule has 2 aliphatic heterocycles. The Kier molecular flexibility index (Phi) is 5.68. The molecule has 0 bridgehead atoms. The smallest absolute Gasteiger partial charge is 0.282 e. The topological polar surface area (TPSA) is 64.2 Å². The molecular weight excluding hydrogens is 400 g/mol. The van der Waals surface area contributed by atoms with Gasteiger partial charge in [-0.1, -0.05) is 29.8 Å². The number of carbonyl (C=O) groups excluding carboxylic acids is 1. The Morgan fingerprint density at radius 2 is 1.54 bits per heavy atom. The highest BCUT2D eigenvalue weighted by molar-refractivity contribution is 7.86. The quantitative estimate of drug-likeness (QED) is 0.722. The molecule has 1 amide bonds. The first-order valence-corrected chi connectivity index (χ1v) is 11.6. The number of nitrogens with zero attached hydrogens (tertiary/aromatic N) is 4. The Balaban J connectivity index is 1.32. The van der Waals surface area contributed by atoms with Gasteiger partial charge in [0.15, 0.2) is 0 Å². The van der Waals surface area contributed by atoms with E-state index in [0.717, 1.165) is 25.1 Å². The van der Waals surface area contributed by atoms with Crippen molar-refractivity contribution in [1.82, 2.24) is 18.4 Å². The molecule has 1 aromatic carbocycles. The summed E-state index contributed by atoms with van der Waals surface area (Å²) >= 11 is 6.26. The van der Waals surface area contributed by atoms with Crippen LogP contribution in [-0.4, -0.2) is 92.1 Å². The number of amides is 1. The van der Waals surface area contributed by atoms with E-state index < -0.39 is 10.2 Å². The number of halogens is 1. The number of hydrogen-bond acceptors (Lipinski definition) is 4. The van der Waals surface area contributed by atoms with Gasteiger partial charge in [0, 0.05) is 63.3 Å². The van der Waals surface area contributed by atoms with E-state index in [-0.39, 0.29) is 17.7 Å². The zero-order valence-electron chi connectivity index (χ0n) is 16.1. The summed E-state index contributed by atoms with van der Waals surface area (Å²) in [7, 11) is -1.43.